The predicted octanol–water partition coefficient (Wildman–Crippen LogP) is 1.18. The SMILES string of the molecule is CC(=O)CC(=O)c1cc[nH]c1. The molecule has 0 aliphatic carbocycles. The maximum Gasteiger partial charge on any atom is 0.171 e. The zero-order valence-electron chi connectivity index (χ0n) is 6.26. The van der Waals surface area contributed by atoms with Gasteiger partial charge in [-0.1, -0.05) is 0 Å². The molecule has 0 saturated heterocycles. The fourth-order valence-electron chi connectivity index (χ4n) is 0.826. The van der Waals surface area contributed by atoms with Crippen molar-refractivity contribution < 1.29 is 9.59 Å². The second kappa shape index (κ2) is 3.14. The normalized spacial score (nSPS) is 9.55. The van der Waals surface area contributed by atoms with E-state index in [4.69, 9.17) is 0 Å². The number of ketones is 2. The molecule has 1 rings (SSSR count). The number of nitrogens with one attached hydrogen (secondary N) is 1. The zero-order valence-corrected chi connectivity index (χ0v) is 6.26. The summed E-state index contributed by atoms with van der Waals surface area (Å²) in [5, 5.41) is 0. The molecule has 0 aliphatic heterocycles. The lowest BCUT2D eigenvalue weighted by Crippen LogP contribution is -2.03. The van der Waals surface area contributed by atoms with Gasteiger partial charge in [0.2, 0.25) is 0 Å². The minimum absolute atomic E-state index is 0.00213. The van der Waals surface area contributed by atoms with Gasteiger partial charge in [0.1, 0.15) is 5.78 Å². The smallest absolute Gasteiger partial charge is 0.171 e. The van der Waals surface area contributed by atoms with Gasteiger partial charge in [-0.05, 0) is 13.0 Å². The predicted molar refractivity (Wildman–Crippen MR) is 40.4 cm³/mol. The van der Waals surface area contributed by atoms with Gasteiger partial charge < -0.3 is 4.98 Å². The Morgan fingerprint density at radius 2 is 2.27 bits per heavy atom. The van der Waals surface area contributed by atoms with Crippen LogP contribution in [0.2, 0.25) is 0 Å². The van der Waals surface area contributed by atoms with Crippen molar-refractivity contribution in [3.05, 3.63) is 24.0 Å². The van der Waals surface area contributed by atoms with Crippen LogP contribution in [0.15, 0.2) is 18.5 Å². The molecule has 0 spiro atoms. The number of carbonyl (C=O) groups excluding carboxylic acids is 2. The van der Waals surface area contributed by atoms with Crippen LogP contribution in [0.25, 0.3) is 0 Å². The quantitative estimate of drug-likeness (QED) is 0.520. The van der Waals surface area contributed by atoms with E-state index in [-0.39, 0.29) is 18.0 Å². The van der Waals surface area contributed by atoms with E-state index in [0.717, 1.165) is 0 Å². The van der Waals surface area contributed by atoms with E-state index < -0.39 is 0 Å². The van der Waals surface area contributed by atoms with Crippen molar-refractivity contribution >= 4 is 11.6 Å². The fraction of sp³-hybridized carbons (Fsp3) is 0.250. The van der Waals surface area contributed by atoms with Gasteiger partial charge in [0.25, 0.3) is 0 Å². The number of H-pyrrole nitrogens is 1. The number of Topliss-reactive ketones (excluding diaryl/α,β-unsaturated/α-hetero) is 2. The van der Waals surface area contributed by atoms with Gasteiger partial charge >= 0.3 is 0 Å². The van der Waals surface area contributed by atoms with Gasteiger partial charge in [-0.15, -0.1) is 0 Å². The highest BCUT2D eigenvalue weighted by Crippen LogP contribution is 2.01. The number of hydrogen-bond donors (Lipinski definition) is 1. The van der Waals surface area contributed by atoms with Crippen LogP contribution < -0.4 is 0 Å². The van der Waals surface area contributed by atoms with Gasteiger partial charge in [-0.25, -0.2) is 0 Å². The number of carbonyl (C=O) groups is 2. The molecule has 58 valence electrons. The average molecular weight is 151 g/mol. The van der Waals surface area contributed by atoms with E-state index in [0.29, 0.717) is 5.56 Å². The molecule has 3 nitrogen and oxygen atoms in total. The average Bonchev–Trinajstić information content (AvgIpc) is 2.35. The van der Waals surface area contributed by atoms with Gasteiger partial charge in [0, 0.05) is 18.0 Å². The van der Waals surface area contributed by atoms with Crippen molar-refractivity contribution in [2.24, 2.45) is 0 Å². The summed E-state index contributed by atoms with van der Waals surface area (Å²) >= 11 is 0. The Kier molecular flexibility index (Phi) is 2.21. The summed E-state index contributed by atoms with van der Waals surface area (Å²) in [7, 11) is 0. The van der Waals surface area contributed by atoms with Crippen molar-refractivity contribution in [1.82, 2.24) is 4.98 Å². The summed E-state index contributed by atoms with van der Waals surface area (Å²) in [5.41, 5.74) is 0.570. The third-order valence-corrected chi connectivity index (χ3v) is 1.33. The zero-order chi connectivity index (χ0) is 8.27. The maximum atomic E-state index is 11.1. The summed E-state index contributed by atoms with van der Waals surface area (Å²) < 4.78 is 0. The first-order chi connectivity index (χ1) is 5.20. The molecule has 0 saturated carbocycles. The third-order valence-electron chi connectivity index (χ3n) is 1.33. The van der Waals surface area contributed by atoms with Gasteiger partial charge in [0.05, 0.1) is 6.42 Å². The molecule has 0 fully saturated rings. The number of aromatic nitrogens is 1. The molecule has 0 aromatic carbocycles. The monoisotopic (exact) mass is 151 g/mol. The second-order valence-electron chi connectivity index (χ2n) is 2.40. The van der Waals surface area contributed by atoms with Gasteiger partial charge in [0.15, 0.2) is 5.78 Å². The Bertz CT molecular complexity index is 262. The summed E-state index contributed by atoms with van der Waals surface area (Å²) in [6.45, 7) is 1.41. The van der Waals surface area contributed by atoms with Crippen LogP contribution in [0.3, 0.4) is 0 Å². The molecule has 0 radical (unpaired) electrons. The largest absolute Gasteiger partial charge is 0.367 e. The molecular weight excluding hydrogens is 142 g/mol. The van der Waals surface area contributed by atoms with Gasteiger partial charge in [-0.3, -0.25) is 9.59 Å². The van der Waals surface area contributed by atoms with Crippen molar-refractivity contribution in [2.45, 2.75) is 13.3 Å². The van der Waals surface area contributed by atoms with Crippen LogP contribution in [0.4, 0.5) is 0 Å². The molecule has 0 unspecified atom stereocenters. The lowest BCUT2D eigenvalue weighted by atomic mass is 10.1. The molecule has 0 atom stereocenters. The van der Waals surface area contributed by atoms with Crippen LogP contribution in [0.1, 0.15) is 23.7 Å². The van der Waals surface area contributed by atoms with E-state index in [1.54, 1.807) is 18.5 Å². The van der Waals surface area contributed by atoms with Crippen LogP contribution in [-0.2, 0) is 4.79 Å². The molecule has 1 heterocycles. The number of aromatic amines is 1. The fourth-order valence-corrected chi connectivity index (χ4v) is 0.826. The van der Waals surface area contributed by atoms with Crippen LogP contribution in [0, 0.1) is 0 Å². The van der Waals surface area contributed by atoms with Crippen LogP contribution in [-0.4, -0.2) is 16.6 Å². The molecule has 0 aliphatic rings. The van der Waals surface area contributed by atoms with Crippen LogP contribution in [0.5, 0.6) is 0 Å². The van der Waals surface area contributed by atoms with Crippen molar-refractivity contribution in [3.8, 4) is 0 Å². The van der Waals surface area contributed by atoms with Crippen LogP contribution >= 0.6 is 0 Å². The standard InChI is InChI=1S/C8H9NO2/c1-6(10)4-8(11)7-2-3-9-5-7/h2-3,5,9H,4H2,1H3. The lowest BCUT2D eigenvalue weighted by molar-refractivity contribution is -0.116. The molecule has 0 amide bonds. The Labute approximate surface area is 64.4 Å². The minimum atomic E-state index is -0.126. The van der Waals surface area contributed by atoms with Gasteiger partial charge in [-0.2, -0.15) is 0 Å². The van der Waals surface area contributed by atoms with Crippen molar-refractivity contribution in [1.29, 1.82) is 0 Å². The van der Waals surface area contributed by atoms with Crippen molar-refractivity contribution in [3.63, 3.8) is 0 Å². The molecule has 1 aromatic rings. The Balaban J connectivity index is 2.64. The first-order valence-electron chi connectivity index (χ1n) is 3.35. The lowest BCUT2D eigenvalue weighted by Gasteiger charge is -1.90. The summed E-state index contributed by atoms with van der Waals surface area (Å²) in [5.74, 6) is -0.227. The molecule has 1 N–H and O–H groups in total. The van der Waals surface area contributed by atoms with E-state index >= 15 is 0 Å². The highest BCUT2D eigenvalue weighted by molar-refractivity contribution is 6.07. The molecular formula is C8H9NO2. The minimum Gasteiger partial charge on any atom is -0.367 e. The molecule has 0 bridgehead atoms. The molecule has 3 heteroatoms. The first kappa shape index (κ1) is 7.72. The summed E-state index contributed by atoms with van der Waals surface area (Å²) in [4.78, 5) is 24.3. The number of rotatable bonds is 3. The third kappa shape index (κ3) is 2.04. The Morgan fingerprint density at radius 3 is 2.73 bits per heavy atom. The summed E-state index contributed by atoms with van der Waals surface area (Å²) in [6.07, 6.45) is 3.25. The Morgan fingerprint density at radius 1 is 1.55 bits per heavy atom. The molecule has 11 heavy (non-hydrogen) atoms. The highest BCUT2D eigenvalue weighted by Gasteiger charge is 2.07. The molecule has 1 aromatic heterocycles. The van der Waals surface area contributed by atoms with Crippen molar-refractivity contribution in [2.75, 3.05) is 0 Å². The summed E-state index contributed by atoms with van der Waals surface area (Å²) in [6, 6.07) is 1.66. The van der Waals surface area contributed by atoms with E-state index in [1.165, 1.54) is 6.92 Å². The van der Waals surface area contributed by atoms with E-state index in [9.17, 15) is 9.59 Å². The number of hydrogen-bond acceptors (Lipinski definition) is 2. The Hall–Kier alpha value is -1.38. The highest BCUT2D eigenvalue weighted by atomic mass is 16.1. The van der Waals surface area contributed by atoms with E-state index in [1.807, 2.05) is 0 Å². The maximum absolute atomic E-state index is 11.1. The second-order valence-corrected chi connectivity index (χ2v) is 2.40. The first-order valence-corrected chi connectivity index (χ1v) is 3.35. The topological polar surface area (TPSA) is 49.9 Å². The van der Waals surface area contributed by atoms with E-state index in [2.05, 4.69) is 4.98 Å².